The molecule has 2 aromatic rings. The molecule has 0 saturated carbocycles. The maximum absolute atomic E-state index is 12.4. The summed E-state index contributed by atoms with van der Waals surface area (Å²) < 4.78 is 10.5. The smallest absolute Gasteiger partial charge is 0.237 e. The fourth-order valence-electron chi connectivity index (χ4n) is 1.99. The largest absolute Gasteiger partial charge is 0.493 e. The first-order valence-electron chi connectivity index (χ1n) is 7.09. The molecule has 24 heavy (non-hydrogen) atoms. The van der Waals surface area contributed by atoms with E-state index in [9.17, 15) is 4.79 Å². The number of nitrogens with one attached hydrogen (secondary N) is 1. The first-order chi connectivity index (χ1) is 11.5. The summed E-state index contributed by atoms with van der Waals surface area (Å²) in [5.74, 6) is 1.07. The standard InChI is InChI=1S/C17H17Cl2NO3S/c1-10(17(21)20-16-12(18)5-4-6-13(16)19)24-11-7-8-14(22-2)15(9-11)23-3/h4-10H,1-3H3,(H,20,21)/t10-/m1/s1. The van der Waals surface area contributed by atoms with Gasteiger partial charge in [0, 0.05) is 4.90 Å². The van der Waals surface area contributed by atoms with Gasteiger partial charge in [-0.05, 0) is 37.3 Å². The molecule has 128 valence electrons. The van der Waals surface area contributed by atoms with Crippen LogP contribution in [0.25, 0.3) is 0 Å². The monoisotopic (exact) mass is 385 g/mol. The van der Waals surface area contributed by atoms with Gasteiger partial charge >= 0.3 is 0 Å². The minimum Gasteiger partial charge on any atom is -0.493 e. The third-order valence-electron chi connectivity index (χ3n) is 3.25. The van der Waals surface area contributed by atoms with Crippen LogP contribution in [0, 0.1) is 0 Å². The summed E-state index contributed by atoms with van der Waals surface area (Å²) in [5, 5.41) is 3.22. The summed E-state index contributed by atoms with van der Waals surface area (Å²) in [5.41, 5.74) is 0.422. The number of anilines is 1. The van der Waals surface area contributed by atoms with Gasteiger partial charge in [-0.3, -0.25) is 4.79 Å². The molecular formula is C17H17Cl2NO3S. The minimum atomic E-state index is -0.351. The predicted octanol–water partition coefficient (Wildman–Crippen LogP) is 5.13. The molecule has 0 aromatic heterocycles. The normalized spacial score (nSPS) is 11.7. The molecule has 0 aliphatic heterocycles. The molecule has 1 atom stereocenters. The van der Waals surface area contributed by atoms with Gasteiger partial charge in [0.2, 0.25) is 5.91 Å². The molecule has 0 fully saturated rings. The van der Waals surface area contributed by atoms with Gasteiger partial charge in [0.05, 0.1) is 35.2 Å². The number of rotatable bonds is 6. The van der Waals surface area contributed by atoms with Crippen molar-refractivity contribution in [2.24, 2.45) is 0 Å². The molecule has 2 rings (SSSR count). The lowest BCUT2D eigenvalue weighted by molar-refractivity contribution is -0.115. The van der Waals surface area contributed by atoms with E-state index >= 15 is 0 Å². The second kappa shape index (κ2) is 8.51. The molecule has 7 heteroatoms. The molecule has 0 radical (unpaired) electrons. The molecule has 0 unspecified atom stereocenters. The average Bonchev–Trinajstić information content (AvgIpc) is 2.57. The van der Waals surface area contributed by atoms with E-state index in [1.165, 1.54) is 11.8 Å². The molecule has 4 nitrogen and oxygen atoms in total. The first kappa shape index (κ1) is 18.8. The number of carbonyl (C=O) groups is 1. The van der Waals surface area contributed by atoms with E-state index < -0.39 is 0 Å². The summed E-state index contributed by atoms with van der Waals surface area (Å²) in [4.78, 5) is 13.3. The SMILES string of the molecule is COc1ccc(S[C@H](C)C(=O)Nc2c(Cl)cccc2Cl)cc1OC. The van der Waals surface area contributed by atoms with Crippen LogP contribution in [0.3, 0.4) is 0 Å². The van der Waals surface area contributed by atoms with Crippen LogP contribution in [-0.2, 0) is 4.79 Å². The Hall–Kier alpha value is -1.56. The summed E-state index contributed by atoms with van der Waals surface area (Å²) in [6.45, 7) is 1.81. The maximum Gasteiger partial charge on any atom is 0.237 e. The lowest BCUT2D eigenvalue weighted by Crippen LogP contribution is -2.22. The fraction of sp³-hybridized carbons (Fsp3) is 0.235. The van der Waals surface area contributed by atoms with Crippen LogP contribution in [0.4, 0.5) is 5.69 Å². The molecule has 0 heterocycles. The topological polar surface area (TPSA) is 47.6 Å². The zero-order valence-corrected chi connectivity index (χ0v) is 15.8. The first-order valence-corrected chi connectivity index (χ1v) is 8.73. The Morgan fingerprint density at radius 3 is 2.29 bits per heavy atom. The van der Waals surface area contributed by atoms with E-state index in [2.05, 4.69) is 5.32 Å². The van der Waals surface area contributed by atoms with E-state index in [-0.39, 0.29) is 11.2 Å². The fourth-order valence-corrected chi connectivity index (χ4v) is 3.38. The lowest BCUT2D eigenvalue weighted by atomic mass is 10.3. The molecule has 0 aliphatic rings. The quantitative estimate of drug-likeness (QED) is 0.700. The Bertz CT molecular complexity index is 720. The van der Waals surface area contributed by atoms with Gasteiger partial charge in [-0.15, -0.1) is 11.8 Å². The van der Waals surface area contributed by atoms with Gasteiger partial charge in [-0.1, -0.05) is 29.3 Å². The van der Waals surface area contributed by atoms with Crippen molar-refractivity contribution in [1.29, 1.82) is 0 Å². The number of ether oxygens (including phenoxy) is 2. The van der Waals surface area contributed by atoms with Crippen LogP contribution in [-0.4, -0.2) is 25.4 Å². The molecule has 0 aliphatic carbocycles. The number of halogens is 2. The number of benzene rings is 2. The van der Waals surface area contributed by atoms with Crippen LogP contribution in [0.5, 0.6) is 11.5 Å². The van der Waals surface area contributed by atoms with Crippen LogP contribution in [0.15, 0.2) is 41.3 Å². The number of thioether (sulfide) groups is 1. The third-order valence-corrected chi connectivity index (χ3v) is 4.97. The van der Waals surface area contributed by atoms with E-state index in [1.807, 2.05) is 19.1 Å². The highest BCUT2D eigenvalue weighted by Crippen LogP contribution is 2.35. The van der Waals surface area contributed by atoms with Crippen LogP contribution >= 0.6 is 35.0 Å². The number of hydrogen-bond acceptors (Lipinski definition) is 4. The van der Waals surface area contributed by atoms with Gasteiger partial charge in [-0.2, -0.15) is 0 Å². The van der Waals surface area contributed by atoms with Crippen molar-refractivity contribution in [3.63, 3.8) is 0 Å². The molecule has 2 aromatic carbocycles. The van der Waals surface area contributed by atoms with E-state index in [0.29, 0.717) is 27.2 Å². The number of hydrogen-bond donors (Lipinski definition) is 1. The third kappa shape index (κ3) is 4.50. The zero-order chi connectivity index (χ0) is 17.7. The van der Waals surface area contributed by atoms with Crippen molar-refractivity contribution in [3.05, 3.63) is 46.4 Å². The number of methoxy groups -OCH3 is 2. The molecule has 0 bridgehead atoms. The average molecular weight is 386 g/mol. The Kier molecular flexibility index (Phi) is 6.66. The summed E-state index contributed by atoms with van der Waals surface area (Å²) >= 11 is 13.5. The lowest BCUT2D eigenvalue weighted by Gasteiger charge is -2.15. The van der Waals surface area contributed by atoms with Crippen molar-refractivity contribution < 1.29 is 14.3 Å². The second-order valence-electron chi connectivity index (χ2n) is 4.86. The van der Waals surface area contributed by atoms with Gasteiger partial charge in [0.25, 0.3) is 0 Å². The van der Waals surface area contributed by atoms with E-state index in [1.54, 1.807) is 38.5 Å². The Morgan fingerprint density at radius 2 is 1.71 bits per heavy atom. The van der Waals surface area contributed by atoms with Crippen molar-refractivity contribution in [3.8, 4) is 11.5 Å². The number of carbonyl (C=O) groups excluding carboxylic acids is 1. The molecule has 0 spiro atoms. The highest BCUT2D eigenvalue weighted by atomic mass is 35.5. The molecule has 0 saturated heterocycles. The van der Waals surface area contributed by atoms with Crippen molar-refractivity contribution in [2.75, 3.05) is 19.5 Å². The Labute approximate surface area is 155 Å². The van der Waals surface area contributed by atoms with Crippen molar-refractivity contribution in [2.45, 2.75) is 17.1 Å². The second-order valence-corrected chi connectivity index (χ2v) is 7.09. The van der Waals surface area contributed by atoms with Crippen LogP contribution < -0.4 is 14.8 Å². The predicted molar refractivity (Wildman–Crippen MR) is 100.0 cm³/mol. The maximum atomic E-state index is 12.4. The summed E-state index contributed by atoms with van der Waals surface area (Å²) in [6.07, 6.45) is 0. The van der Waals surface area contributed by atoms with Crippen LogP contribution in [0.1, 0.15) is 6.92 Å². The highest BCUT2D eigenvalue weighted by Gasteiger charge is 2.18. The van der Waals surface area contributed by atoms with E-state index in [4.69, 9.17) is 32.7 Å². The minimum absolute atomic E-state index is 0.190. The van der Waals surface area contributed by atoms with Gasteiger partial charge in [0.15, 0.2) is 11.5 Å². The van der Waals surface area contributed by atoms with Crippen LogP contribution in [0.2, 0.25) is 10.0 Å². The molecule has 1 N–H and O–H groups in total. The number of para-hydroxylation sites is 1. The van der Waals surface area contributed by atoms with Crippen molar-refractivity contribution in [1.82, 2.24) is 0 Å². The summed E-state index contributed by atoms with van der Waals surface area (Å²) in [7, 11) is 3.15. The van der Waals surface area contributed by atoms with Crippen molar-refractivity contribution >= 4 is 46.6 Å². The Balaban J connectivity index is 2.09. The highest BCUT2D eigenvalue weighted by molar-refractivity contribution is 8.00. The molecular weight excluding hydrogens is 369 g/mol. The number of amides is 1. The summed E-state index contributed by atoms with van der Waals surface area (Å²) in [6, 6.07) is 10.6. The van der Waals surface area contributed by atoms with Gasteiger partial charge < -0.3 is 14.8 Å². The zero-order valence-electron chi connectivity index (χ0n) is 13.4. The Morgan fingerprint density at radius 1 is 1.08 bits per heavy atom. The van der Waals surface area contributed by atoms with Gasteiger partial charge in [0.1, 0.15) is 0 Å². The molecule has 1 amide bonds. The van der Waals surface area contributed by atoms with Gasteiger partial charge in [-0.25, -0.2) is 0 Å². The van der Waals surface area contributed by atoms with E-state index in [0.717, 1.165) is 4.90 Å².